The zero-order valence-corrected chi connectivity index (χ0v) is 19.1. The van der Waals surface area contributed by atoms with Crippen LogP contribution in [0.1, 0.15) is 34.8 Å². The van der Waals surface area contributed by atoms with Crippen molar-refractivity contribution in [2.75, 3.05) is 38.1 Å². The monoisotopic (exact) mass is 490 g/mol. The Balaban J connectivity index is 1.55. The molecule has 1 unspecified atom stereocenters. The first-order valence-electron chi connectivity index (χ1n) is 11.0. The number of aromatic nitrogens is 3. The van der Waals surface area contributed by atoms with Crippen LogP contribution in [0.5, 0.6) is 0 Å². The molecule has 2 aromatic heterocycles. The minimum Gasteiger partial charge on any atom is -0.395 e. The first-order valence-corrected chi connectivity index (χ1v) is 11.4. The lowest BCUT2D eigenvalue weighted by Gasteiger charge is -2.37. The number of aliphatic hydroxyl groups is 1. The largest absolute Gasteiger partial charge is 0.395 e. The van der Waals surface area contributed by atoms with Crippen LogP contribution in [-0.4, -0.2) is 69.6 Å². The van der Waals surface area contributed by atoms with E-state index in [4.69, 9.17) is 16.7 Å². The number of fused-ring (bicyclic) bond motifs is 1. The van der Waals surface area contributed by atoms with Gasteiger partial charge >= 0.3 is 0 Å². The molecule has 1 saturated heterocycles. The standard InChI is InChI=1S/C23H25ClF2N6O2/c24-17-3-4-18-16(2-1-7-27-18)20(17)21(34)29-14-19(32-9-5-23(25,26)6-10-32)15-12-30-22(31-13-15)28-8-11-33/h1-4,7,12-13,19,33H,5-6,8-11,14H2,(H,29,34)(H,28,30,31). The predicted octanol–water partition coefficient (Wildman–Crippen LogP) is 3.28. The van der Waals surface area contributed by atoms with Crippen LogP contribution in [0, 0.1) is 0 Å². The maximum Gasteiger partial charge on any atom is 0.253 e. The number of hydrogen-bond acceptors (Lipinski definition) is 7. The highest BCUT2D eigenvalue weighted by Gasteiger charge is 2.37. The van der Waals surface area contributed by atoms with Gasteiger partial charge in [0.15, 0.2) is 0 Å². The molecule has 180 valence electrons. The van der Waals surface area contributed by atoms with E-state index in [2.05, 4.69) is 25.6 Å². The number of carbonyl (C=O) groups is 1. The van der Waals surface area contributed by atoms with E-state index in [-0.39, 0.29) is 45.0 Å². The Morgan fingerprint density at radius 3 is 2.62 bits per heavy atom. The summed E-state index contributed by atoms with van der Waals surface area (Å²) >= 11 is 6.34. The second-order valence-corrected chi connectivity index (χ2v) is 8.51. The van der Waals surface area contributed by atoms with Gasteiger partial charge in [-0.3, -0.25) is 14.7 Å². The molecule has 1 fully saturated rings. The number of halogens is 3. The topological polar surface area (TPSA) is 103 Å². The van der Waals surface area contributed by atoms with E-state index in [0.29, 0.717) is 39.5 Å². The number of amides is 1. The molecule has 1 aliphatic rings. The SMILES string of the molecule is O=C(NCC(c1cnc(NCCO)nc1)N1CCC(F)(F)CC1)c1c(Cl)ccc2ncccc12. The number of piperidine rings is 1. The van der Waals surface area contributed by atoms with Gasteiger partial charge in [-0.2, -0.15) is 0 Å². The highest BCUT2D eigenvalue weighted by atomic mass is 35.5. The van der Waals surface area contributed by atoms with Crippen molar-refractivity contribution in [1.82, 2.24) is 25.2 Å². The molecule has 0 bridgehead atoms. The molecule has 4 rings (SSSR count). The third-order valence-corrected chi connectivity index (χ3v) is 6.15. The Kier molecular flexibility index (Phi) is 7.50. The molecule has 1 aromatic carbocycles. The number of pyridine rings is 1. The Morgan fingerprint density at radius 2 is 1.91 bits per heavy atom. The van der Waals surface area contributed by atoms with E-state index < -0.39 is 12.0 Å². The van der Waals surface area contributed by atoms with Crippen molar-refractivity contribution in [3.05, 3.63) is 59.0 Å². The van der Waals surface area contributed by atoms with Crippen molar-refractivity contribution < 1.29 is 18.7 Å². The molecule has 0 spiro atoms. The average Bonchev–Trinajstić information content (AvgIpc) is 2.84. The molecule has 0 saturated carbocycles. The van der Waals surface area contributed by atoms with E-state index in [1.165, 1.54) is 0 Å². The molecule has 1 aliphatic heterocycles. The predicted molar refractivity (Wildman–Crippen MR) is 125 cm³/mol. The van der Waals surface area contributed by atoms with Gasteiger partial charge in [0.1, 0.15) is 0 Å². The zero-order valence-electron chi connectivity index (χ0n) is 18.3. The molecular formula is C23H25ClF2N6O2. The minimum atomic E-state index is -2.69. The Hall–Kier alpha value is -2.95. The molecular weight excluding hydrogens is 466 g/mol. The molecule has 8 nitrogen and oxygen atoms in total. The van der Waals surface area contributed by atoms with Crippen molar-refractivity contribution >= 4 is 34.4 Å². The molecule has 3 N–H and O–H groups in total. The van der Waals surface area contributed by atoms with E-state index in [1.54, 1.807) is 42.9 Å². The van der Waals surface area contributed by atoms with Gasteiger partial charge in [-0.1, -0.05) is 17.7 Å². The Morgan fingerprint density at radius 1 is 1.18 bits per heavy atom. The summed E-state index contributed by atoms with van der Waals surface area (Å²) in [6.45, 7) is 0.757. The zero-order chi connectivity index (χ0) is 24.1. The summed E-state index contributed by atoms with van der Waals surface area (Å²) in [7, 11) is 0. The van der Waals surface area contributed by atoms with Crippen LogP contribution in [0.2, 0.25) is 5.02 Å². The maximum absolute atomic E-state index is 13.8. The maximum atomic E-state index is 13.8. The summed E-state index contributed by atoms with van der Waals surface area (Å²) in [5, 5.41) is 15.7. The number of rotatable bonds is 8. The highest BCUT2D eigenvalue weighted by Crippen LogP contribution is 2.32. The molecule has 0 radical (unpaired) electrons. The molecule has 0 aliphatic carbocycles. The molecule has 1 amide bonds. The van der Waals surface area contributed by atoms with E-state index in [0.717, 1.165) is 0 Å². The summed E-state index contributed by atoms with van der Waals surface area (Å²) in [6, 6.07) is 6.48. The minimum absolute atomic E-state index is 0.0615. The van der Waals surface area contributed by atoms with Crippen molar-refractivity contribution in [2.45, 2.75) is 24.8 Å². The second-order valence-electron chi connectivity index (χ2n) is 8.10. The van der Waals surface area contributed by atoms with Gasteiger partial charge in [-0.15, -0.1) is 0 Å². The van der Waals surface area contributed by atoms with Gasteiger partial charge in [-0.05, 0) is 18.2 Å². The lowest BCUT2D eigenvalue weighted by molar-refractivity contribution is -0.0632. The number of alkyl halides is 2. The summed E-state index contributed by atoms with van der Waals surface area (Å²) in [5.74, 6) is -2.72. The normalized spacial score (nSPS) is 16.8. The molecule has 34 heavy (non-hydrogen) atoms. The molecule has 1 atom stereocenters. The van der Waals surface area contributed by atoms with Crippen LogP contribution in [-0.2, 0) is 0 Å². The molecule has 3 aromatic rings. The Bertz CT molecular complexity index is 1140. The number of anilines is 1. The quantitative estimate of drug-likeness (QED) is 0.445. The lowest BCUT2D eigenvalue weighted by Crippen LogP contribution is -2.45. The lowest BCUT2D eigenvalue weighted by atomic mass is 10.0. The van der Waals surface area contributed by atoms with Gasteiger partial charge in [0, 0.05) is 68.6 Å². The Labute approximate surface area is 200 Å². The smallest absolute Gasteiger partial charge is 0.253 e. The number of nitrogens with zero attached hydrogens (tertiary/aromatic N) is 4. The van der Waals surface area contributed by atoms with Crippen molar-refractivity contribution in [3.8, 4) is 0 Å². The van der Waals surface area contributed by atoms with Gasteiger partial charge < -0.3 is 15.7 Å². The van der Waals surface area contributed by atoms with Crippen LogP contribution in [0.25, 0.3) is 10.9 Å². The van der Waals surface area contributed by atoms with Gasteiger partial charge in [-0.25, -0.2) is 18.7 Å². The summed E-state index contributed by atoms with van der Waals surface area (Å²) in [5.41, 5.74) is 1.65. The van der Waals surface area contributed by atoms with Gasteiger partial charge in [0.05, 0.1) is 28.8 Å². The van der Waals surface area contributed by atoms with Crippen LogP contribution < -0.4 is 10.6 Å². The third kappa shape index (κ3) is 5.57. The van der Waals surface area contributed by atoms with Crippen LogP contribution in [0.3, 0.4) is 0 Å². The number of hydrogen-bond donors (Lipinski definition) is 3. The number of likely N-dealkylation sites (tertiary alicyclic amines) is 1. The first kappa shape index (κ1) is 24.2. The summed E-state index contributed by atoms with van der Waals surface area (Å²) in [6.07, 6.45) is 4.33. The fourth-order valence-electron chi connectivity index (χ4n) is 4.02. The highest BCUT2D eigenvalue weighted by molar-refractivity contribution is 6.35. The van der Waals surface area contributed by atoms with Crippen LogP contribution in [0.4, 0.5) is 14.7 Å². The van der Waals surface area contributed by atoms with Crippen LogP contribution >= 0.6 is 11.6 Å². The van der Waals surface area contributed by atoms with E-state index in [9.17, 15) is 13.6 Å². The van der Waals surface area contributed by atoms with Crippen LogP contribution in [0.15, 0.2) is 42.9 Å². The average molecular weight is 491 g/mol. The van der Waals surface area contributed by atoms with E-state index >= 15 is 0 Å². The van der Waals surface area contributed by atoms with Gasteiger partial charge in [0.25, 0.3) is 11.8 Å². The molecule has 11 heteroatoms. The number of aliphatic hydroxyl groups excluding tert-OH is 1. The van der Waals surface area contributed by atoms with Gasteiger partial charge in [0.2, 0.25) is 5.95 Å². The second kappa shape index (κ2) is 10.5. The first-order chi connectivity index (χ1) is 16.4. The third-order valence-electron chi connectivity index (χ3n) is 5.84. The fourth-order valence-corrected chi connectivity index (χ4v) is 4.27. The van der Waals surface area contributed by atoms with E-state index in [1.807, 2.05) is 4.90 Å². The number of carbonyl (C=O) groups excluding carboxylic acids is 1. The summed E-state index contributed by atoms with van der Waals surface area (Å²) < 4.78 is 27.5. The van der Waals surface area contributed by atoms with Crippen molar-refractivity contribution in [2.24, 2.45) is 0 Å². The number of nitrogens with one attached hydrogen (secondary N) is 2. The fraction of sp³-hybridized carbons (Fsp3) is 0.391. The summed E-state index contributed by atoms with van der Waals surface area (Å²) in [4.78, 5) is 27.8. The molecule has 3 heterocycles. The van der Waals surface area contributed by atoms with Crippen molar-refractivity contribution in [1.29, 1.82) is 0 Å². The number of benzene rings is 1. The van der Waals surface area contributed by atoms with Crippen molar-refractivity contribution in [3.63, 3.8) is 0 Å².